The summed E-state index contributed by atoms with van der Waals surface area (Å²) in [5.41, 5.74) is 5.43. The first kappa shape index (κ1) is 16.4. The van der Waals surface area contributed by atoms with Gasteiger partial charge in [-0.3, -0.25) is 0 Å². The Kier molecular flexibility index (Phi) is 5.49. The van der Waals surface area contributed by atoms with Gasteiger partial charge in [0.1, 0.15) is 4.90 Å². The number of aromatic carboxylic acids is 1. The Morgan fingerprint density at radius 1 is 1.50 bits per heavy atom. The highest BCUT2D eigenvalue weighted by Gasteiger charge is 2.21. The molecule has 0 aliphatic rings. The zero-order valence-electron chi connectivity index (χ0n) is 11.3. The molecule has 1 rings (SSSR count). The van der Waals surface area contributed by atoms with E-state index in [1.807, 2.05) is 6.92 Å². The minimum absolute atomic E-state index is 0.0659. The lowest BCUT2D eigenvalue weighted by molar-refractivity contribution is 0.0697. The minimum Gasteiger partial charge on any atom is -0.478 e. The molecule has 112 valence electrons. The molecule has 1 aromatic carbocycles. The van der Waals surface area contributed by atoms with Crippen molar-refractivity contribution >= 4 is 21.7 Å². The lowest BCUT2D eigenvalue weighted by Crippen LogP contribution is -2.36. The van der Waals surface area contributed by atoms with Crippen LogP contribution < -0.4 is 10.5 Å². The normalized spacial score (nSPS) is 13.1. The minimum atomic E-state index is -3.81. The number of carbonyl (C=O) groups is 1. The van der Waals surface area contributed by atoms with E-state index in [1.54, 1.807) is 6.92 Å². The van der Waals surface area contributed by atoms with Crippen LogP contribution in [0, 0.1) is 0 Å². The fraction of sp³-hybridized carbons (Fsp3) is 0.417. The van der Waals surface area contributed by atoms with Crippen LogP contribution in [0.4, 0.5) is 5.69 Å². The summed E-state index contributed by atoms with van der Waals surface area (Å²) >= 11 is 0. The molecule has 1 atom stereocenters. The Labute approximate surface area is 117 Å². The number of sulfonamides is 1. The molecule has 0 bridgehead atoms. The van der Waals surface area contributed by atoms with Gasteiger partial charge >= 0.3 is 5.97 Å². The summed E-state index contributed by atoms with van der Waals surface area (Å²) in [5.74, 6) is -1.17. The number of rotatable bonds is 7. The smallest absolute Gasteiger partial charge is 0.335 e. The SMILES string of the molecule is CCOCC(C)NS(=O)(=O)c1ccc(C(=O)O)cc1N. The van der Waals surface area contributed by atoms with Crippen LogP contribution in [0.25, 0.3) is 0 Å². The first-order chi connectivity index (χ1) is 9.27. The largest absolute Gasteiger partial charge is 0.478 e. The van der Waals surface area contributed by atoms with Crippen molar-refractivity contribution in [2.24, 2.45) is 0 Å². The maximum Gasteiger partial charge on any atom is 0.335 e. The number of carboxylic acids is 1. The van der Waals surface area contributed by atoms with Crippen LogP contribution in [0.5, 0.6) is 0 Å². The lowest BCUT2D eigenvalue weighted by atomic mass is 10.2. The summed E-state index contributed by atoms with van der Waals surface area (Å²) in [5, 5.41) is 8.81. The zero-order valence-corrected chi connectivity index (χ0v) is 12.1. The van der Waals surface area contributed by atoms with E-state index in [0.29, 0.717) is 6.61 Å². The molecule has 8 heteroatoms. The summed E-state index contributed by atoms with van der Waals surface area (Å²) in [7, 11) is -3.81. The van der Waals surface area contributed by atoms with Crippen LogP contribution in [0.3, 0.4) is 0 Å². The Bertz CT molecular complexity index is 586. The van der Waals surface area contributed by atoms with E-state index in [9.17, 15) is 13.2 Å². The van der Waals surface area contributed by atoms with Gasteiger partial charge in [-0.1, -0.05) is 0 Å². The van der Waals surface area contributed by atoms with E-state index in [2.05, 4.69) is 4.72 Å². The van der Waals surface area contributed by atoms with Gasteiger partial charge < -0.3 is 15.6 Å². The number of anilines is 1. The maximum absolute atomic E-state index is 12.1. The average Bonchev–Trinajstić information content (AvgIpc) is 2.35. The average molecular weight is 302 g/mol. The molecule has 1 aromatic rings. The first-order valence-electron chi connectivity index (χ1n) is 6.00. The number of nitrogens with two attached hydrogens (primary N) is 1. The van der Waals surface area contributed by atoms with Gasteiger partial charge in [0.15, 0.2) is 0 Å². The summed E-state index contributed by atoms with van der Waals surface area (Å²) in [6.07, 6.45) is 0. The van der Waals surface area contributed by atoms with Crippen molar-refractivity contribution < 1.29 is 23.1 Å². The highest BCUT2D eigenvalue weighted by molar-refractivity contribution is 7.89. The predicted molar refractivity (Wildman–Crippen MR) is 74.1 cm³/mol. The Morgan fingerprint density at radius 2 is 2.15 bits per heavy atom. The summed E-state index contributed by atoms with van der Waals surface area (Å²) < 4.78 is 31.8. The van der Waals surface area contributed by atoms with Crippen LogP contribution in [0.2, 0.25) is 0 Å². The van der Waals surface area contributed by atoms with Crippen LogP contribution >= 0.6 is 0 Å². The van der Waals surface area contributed by atoms with Crippen molar-refractivity contribution in [3.05, 3.63) is 23.8 Å². The molecule has 20 heavy (non-hydrogen) atoms. The second-order valence-corrected chi connectivity index (χ2v) is 5.92. The van der Waals surface area contributed by atoms with Crippen molar-refractivity contribution in [3.63, 3.8) is 0 Å². The monoisotopic (exact) mass is 302 g/mol. The van der Waals surface area contributed by atoms with E-state index in [-0.39, 0.29) is 22.8 Å². The number of benzene rings is 1. The molecular formula is C12H18N2O5S. The van der Waals surface area contributed by atoms with Gasteiger partial charge in [0, 0.05) is 12.6 Å². The second kappa shape index (κ2) is 6.69. The number of nitrogen functional groups attached to an aromatic ring is 1. The van der Waals surface area contributed by atoms with Crippen molar-refractivity contribution in [3.8, 4) is 0 Å². The van der Waals surface area contributed by atoms with Crippen molar-refractivity contribution in [2.45, 2.75) is 24.8 Å². The Hall–Kier alpha value is -1.64. The van der Waals surface area contributed by atoms with Gasteiger partial charge in [-0.15, -0.1) is 0 Å². The molecular weight excluding hydrogens is 284 g/mol. The van der Waals surface area contributed by atoms with Gasteiger partial charge in [0.2, 0.25) is 10.0 Å². The number of ether oxygens (including phenoxy) is 1. The predicted octanol–water partition coefficient (Wildman–Crippen LogP) is 0.670. The molecule has 4 N–H and O–H groups in total. The van der Waals surface area contributed by atoms with E-state index >= 15 is 0 Å². The lowest BCUT2D eigenvalue weighted by Gasteiger charge is -2.15. The van der Waals surface area contributed by atoms with E-state index in [1.165, 1.54) is 12.1 Å². The number of hydrogen-bond donors (Lipinski definition) is 3. The summed E-state index contributed by atoms with van der Waals surface area (Å²) in [6, 6.07) is 3.07. The molecule has 0 aromatic heterocycles. The van der Waals surface area contributed by atoms with Crippen LogP contribution in [0.1, 0.15) is 24.2 Å². The fourth-order valence-electron chi connectivity index (χ4n) is 1.58. The number of nitrogens with one attached hydrogen (secondary N) is 1. The van der Waals surface area contributed by atoms with Crippen LogP contribution in [-0.4, -0.2) is 38.7 Å². The molecule has 0 saturated carbocycles. The highest BCUT2D eigenvalue weighted by Crippen LogP contribution is 2.20. The van der Waals surface area contributed by atoms with Gasteiger partial charge in [-0.2, -0.15) is 0 Å². The van der Waals surface area contributed by atoms with E-state index in [4.69, 9.17) is 15.6 Å². The van der Waals surface area contributed by atoms with Crippen molar-refractivity contribution in [2.75, 3.05) is 18.9 Å². The van der Waals surface area contributed by atoms with Gasteiger partial charge in [0.05, 0.1) is 17.9 Å². The second-order valence-electron chi connectivity index (χ2n) is 4.24. The van der Waals surface area contributed by atoms with Crippen LogP contribution in [-0.2, 0) is 14.8 Å². The Balaban J connectivity index is 2.95. The third-order valence-corrected chi connectivity index (χ3v) is 4.14. The van der Waals surface area contributed by atoms with Gasteiger partial charge in [-0.25, -0.2) is 17.9 Å². The van der Waals surface area contributed by atoms with E-state index in [0.717, 1.165) is 6.07 Å². The zero-order chi connectivity index (χ0) is 15.3. The third kappa shape index (κ3) is 4.19. The van der Waals surface area contributed by atoms with E-state index < -0.39 is 22.0 Å². The molecule has 0 spiro atoms. The highest BCUT2D eigenvalue weighted by atomic mass is 32.2. The molecule has 0 aliphatic heterocycles. The topological polar surface area (TPSA) is 119 Å². The third-order valence-electron chi connectivity index (χ3n) is 2.47. The molecule has 0 fully saturated rings. The molecule has 1 unspecified atom stereocenters. The quantitative estimate of drug-likeness (QED) is 0.637. The van der Waals surface area contributed by atoms with Gasteiger partial charge in [-0.05, 0) is 32.0 Å². The van der Waals surface area contributed by atoms with Crippen molar-refractivity contribution in [1.82, 2.24) is 4.72 Å². The fourth-order valence-corrected chi connectivity index (χ4v) is 2.92. The summed E-state index contributed by atoms with van der Waals surface area (Å²) in [6.45, 7) is 4.20. The first-order valence-corrected chi connectivity index (χ1v) is 7.49. The molecule has 0 amide bonds. The number of hydrogen-bond acceptors (Lipinski definition) is 5. The molecule has 0 radical (unpaired) electrons. The number of carboxylic acid groups (broad SMARTS) is 1. The maximum atomic E-state index is 12.1. The van der Waals surface area contributed by atoms with Crippen molar-refractivity contribution in [1.29, 1.82) is 0 Å². The van der Waals surface area contributed by atoms with Crippen LogP contribution in [0.15, 0.2) is 23.1 Å². The molecule has 0 heterocycles. The molecule has 0 saturated heterocycles. The van der Waals surface area contributed by atoms with Gasteiger partial charge in [0.25, 0.3) is 0 Å². The molecule has 0 aliphatic carbocycles. The Morgan fingerprint density at radius 3 is 2.65 bits per heavy atom. The molecule has 7 nitrogen and oxygen atoms in total. The summed E-state index contributed by atoms with van der Waals surface area (Å²) in [4.78, 5) is 10.6. The standard InChI is InChI=1S/C12H18N2O5S/c1-3-19-7-8(2)14-20(17,18)11-5-4-9(12(15)16)6-10(11)13/h4-6,8,14H,3,7,13H2,1-2H3,(H,15,16).